The van der Waals surface area contributed by atoms with Crippen LogP contribution in [0.25, 0.3) is 0 Å². The van der Waals surface area contributed by atoms with Gasteiger partial charge in [0.1, 0.15) is 0 Å². The van der Waals surface area contributed by atoms with Crippen LogP contribution in [-0.2, 0) is 0 Å². The van der Waals surface area contributed by atoms with Gasteiger partial charge in [-0.2, -0.15) is 11.8 Å². The molecule has 6 heteroatoms. The number of benzene rings is 1. The van der Waals surface area contributed by atoms with E-state index in [0.29, 0.717) is 29.8 Å². The van der Waals surface area contributed by atoms with Crippen molar-refractivity contribution in [2.75, 3.05) is 18.8 Å². The maximum absolute atomic E-state index is 12.4. The molecule has 0 aliphatic carbocycles. The molecule has 2 rings (SSSR count). The molecule has 0 saturated carbocycles. The Balaban J connectivity index is 2.14. The lowest BCUT2D eigenvalue weighted by Crippen LogP contribution is -2.43. The summed E-state index contributed by atoms with van der Waals surface area (Å²) in [6.07, 6.45) is 0. The fraction of sp³-hybridized carbons (Fsp3) is 0.500. The molecule has 0 aromatic heterocycles. The zero-order valence-corrected chi connectivity index (χ0v) is 12.4. The van der Waals surface area contributed by atoms with Gasteiger partial charge in [-0.05, 0) is 12.0 Å². The molecule has 20 heavy (non-hydrogen) atoms. The van der Waals surface area contributed by atoms with Crippen molar-refractivity contribution in [1.82, 2.24) is 4.90 Å². The largest absolute Gasteiger partial charge is 0.337 e. The summed E-state index contributed by atoms with van der Waals surface area (Å²) in [5.41, 5.74) is 0.358. The van der Waals surface area contributed by atoms with Crippen molar-refractivity contribution in [3.8, 4) is 0 Å². The average molecular weight is 294 g/mol. The topological polar surface area (TPSA) is 63.5 Å². The van der Waals surface area contributed by atoms with Crippen LogP contribution < -0.4 is 0 Å². The second-order valence-electron chi connectivity index (χ2n) is 5.21. The molecule has 1 aromatic rings. The summed E-state index contributed by atoms with van der Waals surface area (Å²) in [5.74, 6) is 1.32. The zero-order chi connectivity index (χ0) is 14.7. The first-order chi connectivity index (χ1) is 9.49. The normalized spacial score (nSPS) is 19.1. The highest BCUT2D eigenvalue weighted by molar-refractivity contribution is 8.00. The first kappa shape index (κ1) is 14.8. The number of thioether (sulfide) groups is 1. The highest BCUT2D eigenvalue weighted by atomic mass is 32.2. The predicted molar refractivity (Wildman–Crippen MR) is 80.1 cm³/mol. The molecular formula is C14H18N2O3S. The van der Waals surface area contributed by atoms with Crippen molar-refractivity contribution in [3.05, 3.63) is 39.9 Å². The van der Waals surface area contributed by atoms with Gasteiger partial charge < -0.3 is 4.90 Å². The molecule has 1 aromatic carbocycles. The number of amides is 1. The highest BCUT2D eigenvalue weighted by Gasteiger charge is 2.27. The van der Waals surface area contributed by atoms with Crippen molar-refractivity contribution in [2.45, 2.75) is 19.1 Å². The van der Waals surface area contributed by atoms with Crippen molar-refractivity contribution in [3.63, 3.8) is 0 Å². The number of carbonyl (C=O) groups is 1. The molecular weight excluding hydrogens is 276 g/mol. The number of nitro benzene ring substituents is 1. The van der Waals surface area contributed by atoms with E-state index in [-0.39, 0.29) is 11.6 Å². The molecule has 0 bridgehead atoms. The third kappa shape index (κ3) is 3.30. The minimum Gasteiger partial charge on any atom is -0.337 e. The summed E-state index contributed by atoms with van der Waals surface area (Å²) < 4.78 is 0. The van der Waals surface area contributed by atoms with Crippen LogP contribution >= 0.6 is 11.8 Å². The molecule has 0 radical (unpaired) electrons. The van der Waals surface area contributed by atoms with Gasteiger partial charge in [-0.1, -0.05) is 19.9 Å². The molecule has 1 heterocycles. The zero-order valence-electron chi connectivity index (χ0n) is 11.6. The number of rotatable bonds is 3. The molecule has 0 spiro atoms. The lowest BCUT2D eigenvalue weighted by Gasteiger charge is -2.34. The van der Waals surface area contributed by atoms with Crippen LogP contribution in [0.5, 0.6) is 0 Å². The summed E-state index contributed by atoms with van der Waals surface area (Å²) in [5, 5.41) is 11.2. The lowest BCUT2D eigenvalue weighted by molar-refractivity contribution is -0.384. The summed E-state index contributed by atoms with van der Waals surface area (Å²) in [4.78, 5) is 24.5. The Kier molecular flexibility index (Phi) is 4.65. The summed E-state index contributed by atoms with van der Waals surface area (Å²) >= 11 is 1.89. The van der Waals surface area contributed by atoms with Crippen LogP contribution in [-0.4, -0.2) is 39.8 Å². The Morgan fingerprint density at radius 3 is 2.90 bits per heavy atom. The number of nitrogens with zero attached hydrogens (tertiary/aromatic N) is 2. The van der Waals surface area contributed by atoms with Crippen LogP contribution in [0.3, 0.4) is 0 Å². The minimum atomic E-state index is -0.472. The molecule has 1 saturated heterocycles. The van der Waals surface area contributed by atoms with Crippen LogP contribution in [0, 0.1) is 16.0 Å². The maximum atomic E-state index is 12.4. The molecule has 1 aliphatic heterocycles. The predicted octanol–water partition coefficient (Wildman–Crippen LogP) is 2.81. The second kappa shape index (κ2) is 6.26. The molecule has 108 valence electrons. The number of nitro groups is 1. The fourth-order valence-corrected chi connectivity index (χ4v) is 3.50. The van der Waals surface area contributed by atoms with Crippen molar-refractivity contribution in [1.29, 1.82) is 0 Å². The van der Waals surface area contributed by atoms with E-state index in [9.17, 15) is 14.9 Å². The Hall–Kier alpha value is -1.56. The van der Waals surface area contributed by atoms with Gasteiger partial charge >= 0.3 is 0 Å². The van der Waals surface area contributed by atoms with E-state index < -0.39 is 4.92 Å². The molecule has 1 aliphatic rings. The standard InChI is InChI=1S/C14H18N2O3S/c1-10(2)13-9-15(6-7-20-13)14(17)11-4-3-5-12(8-11)16(18)19/h3-5,8,10,13H,6-7,9H2,1-2H3/t13-/m0/s1. The number of carbonyl (C=O) groups excluding carboxylic acids is 1. The van der Waals surface area contributed by atoms with Crippen LogP contribution in [0.4, 0.5) is 5.69 Å². The molecule has 1 atom stereocenters. The Bertz CT molecular complexity index is 519. The quantitative estimate of drug-likeness (QED) is 0.635. The van der Waals surface area contributed by atoms with Gasteiger partial charge in [0, 0.05) is 41.8 Å². The van der Waals surface area contributed by atoms with E-state index in [1.807, 2.05) is 11.8 Å². The third-order valence-corrected chi connectivity index (χ3v) is 4.97. The van der Waals surface area contributed by atoms with Gasteiger partial charge in [-0.25, -0.2) is 0 Å². The highest BCUT2D eigenvalue weighted by Crippen LogP contribution is 2.26. The van der Waals surface area contributed by atoms with E-state index >= 15 is 0 Å². The molecule has 1 amide bonds. The second-order valence-corrected chi connectivity index (χ2v) is 6.56. The van der Waals surface area contributed by atoms with Gasteiger partial charge in [-0.15, -0.1) is 0 Å². The Labute approximate surface area is 122 Å². The molecule has 1 fully saturated rings. The first-order valence-electron chi connectivity index (χ1n) is 6.64. The molecule has 0 N–H and O–H groups in total. The van der Waals surface area contributed by atoms with E-state index in [0.717, 1.165) is 5.75 Å². The summed E-state index contributed by atoms with van der Waals surface area (Å²) in [6.45, 7) is 5.72. The van der Waals surface area contributed by atoms with E-state index in [1.165, 1.54) is 12.1 Å². The monoisotopic (exact) mass is 294 g/mol. The van der Waals surface area contributed by atoms with Gasteiger partial charge in [0.2, 0.25) is 0 Å². The van der Waals surface area contributed by atoms with Crippen LogP contribution in [0.1, 0.15) is 24.2 Å². The molecule has 5 nitrogen and oxygen atoms in total. The van der Waals surface area contributed by atoms with Crippen molar-refractivity contribution < 1.29 is 9.72 Å². The number of hydrogen-bond acceptors (Lipinski definition) is 4. The van der Waals surface area contributed by atoms with Crippen molar-refractivity contribution in [2.24, 2.45) is 5.92 Å². The van der Waals surface area contributed by atoms with E-state index in [4.69, 9.17) is 0 Å². The van der Waals surface area contributed by atoms with Gasteiger partial charge in [0.25, 0.3) is 11.6 Å². The smallest absolute Gasteiger partial charge is 0.270 e. The Morgan fingerprint density at radius 2 is 2.25 bits per heavy atom. The maximum Gasteiger partial charge on any atom is 0.270 e. The Morgan fingerprint density at radius 1 is 1.50 bits per heavy atom. The van der Waals surface area contributed by atoms with Crippen molar-refractivity contribution >= 4 is 23.4 Å². The SMILES string of the molecule is CC(C)[C@@H]1CN(C(=O)c2cccc([N+](=O)[O-])c2)CCS1. The van der Waals surface area contributed by atoms with E-state index in [1.54, 1.807) is 17.0 Å². The van der Waals surface area contributed by atoms with Crippen LogP contribution in [0.15, 0.2) is 24.3 Å². The number of non-ortho nitro benzene ring substituents is 1. The third-order valence-electron chi connectivity index (χ3n) is 3.43. The number of hydrogen-bond donors (Lipinski definition) is 0. The van der Waals surface area contributed by atoms with Gasteiger partial charge in [0.05, 0.1) is 4.92 Å². The minimum absolute atomic E-state index is 0.0392. The first-order valence-corrected chi connectivity index (χ1v) is 7.69. The van der Waals surface area contributed by atoms with Gasteiger partial charge in [-0.3, -0.25) is 14.9 Å². The summed E-state index contributed by atoms with van der Waals surface area (Å²) in [7, 11) is 0. The van der Waals surface area contributed by atoms with E-state index in [2.05, 4.69) is 13.8 Å². The fourth-order valence-electron chi connectivity index (χ4n) is 2.20. The lowest BCUT2D eigenvalue weighted by atomic mass is 10.1. The summed E-state index contributed by atoms with van der Waals surface area (Å²) in [6, 6.07) is 5.96. The van der Waals surface area contributed by atoms with Gasteiger partial charge in [0.15, 0.2) is 0 Å². The van der Waals surface area contributed by atoms with Crippen LogP contribution in [0.2, 0.25) is 0 Å². The average Bonchev–Trinajstić information content (AvgIpc) is 2.46. The molecule has 0 unspecified atom stereocenters.